The third-order valence-electron chi connectivity index (χ3n) is 3.75. The number of carbonyl (C=O) groups excluding carboxylic acids is 1. The first kappa shape index (κ1) is 13.8. The highest BCUT2D eigenvalue weighted by Gasteiger charge is 2.30. The maximum Gasteiger partial charge on any atom is 0.239 e. The number of nitrogens with one attached hydrogen (secondary N) is 1. The number of likely N-dealkylation sites (tertiary alicyclic amines) is 1. The van der Waals surface area contributed by atoms with Gasteiger partial charge in [-0.1, -0.05) is 6.92 Å². The van der Waals surface area contributed by atoms with Crippen LogP contribution >= 0.6 is 0 Å². The molecule has 0 aromatic heterocycles. The van der Waals surface area contributed by atoms with Gasteiger partial charge in [0.2, 0.25) is 5.91 Å². The predicted octanol–water partition coefficient (Wildman–Crippen LogP) is -0.0825. The molecule has 18 heavy (non-hydrogen) atoms. The first-order chi connectivity index (χ1) is 8.70. The summed E-state index contributed by atoms with van der Waals surface area (Å²) in [5, 5.41) is 3.27. The van der Waals surface area contributed by atoms with E-state index < -0.39 is 0 Å². The van der Waals surface area contributed by atoms with Gasteiger partial charge in [0, 0.05) is 26.2 Å². The summed E-state index contributed by atoms with van der Waals surface area (Å²) < 4.78 is 5.74. The Morgan fingerprint density at radius 3 is 3.00 bits per heavy atom. The monoisotopic (exact) mass is 255 g/mol. The first-order valence-corrected chi connectivity index (χ1v) is 7.03. The molecule has 104 valence electrons. The van der Waals surface area contributed by atoms with Crippen LogP contribution in [0.3, 0.4) is 0 Å². The molecule has 2 fully saturated rings. The summed E-state index contributed by atoms with van der Waals surface area (Å²) in [5.74, 6) is 0.250. The minimum atomic E-state index is 0.0186. The van der Waals surface area contributed by atoms with Gasteiger partial charge < -0.3 is 19.9 Å². The number of morpholine rings is 1. The van der Waals surface area contributed by atoms with Gasteiger partial charge in [0.1, 0.15) is 0 Å². The molecule has 5 nitrogen and oxygen atoms in total. The van der Waals surface area contributed by atoms with Crippen LogP contribution in [0.25, 0.3) is 0 Å². The van der Waals surface area contributed by atoms with E-state index in [0.29, 0.717) is 0 Å². The fourth-order valence-electron chi connectivity index (χ4n) is 2.78. The molecule has 2 atom stereocenters. The van der Waals surface area contributed by atoms with Gasteiger partial charge in [-0.3, -0.25) is 4.79 Å². The minimum Gasteiger partial charge on any atom is -0.374 e. The Morgan fingerprint density at radius 1 is 1.44 bits per heavy atom. The molecule has 1 N–H and O–H groups in total. The molecule has 0 aliphatic carbocycles. The normalized spacial score (nSPS) is 30.8. The lowest BCUT2D eigenvalue weighted by Gasteiger charge is -2.37. The third kappa shape index (κ3) is 3.43. The smallest absolute Gasteiger partial charge is 0.239 e. The average Bonchev–Trinajstić information content (AvgIpc) is 2.35. The number of hydrogen-bond donors (Lipinski definition) is 1. The van der Waals surface area contributed by atoms with Crippen molar-refractivity contribution in [2.24, 2.45) is 0 Å². The topological polar surface area (TPSA) is 44.8 Å². The molecule has 2 unspecified atom stereocenters. The van der Waals surface area contributed by atoms with Gasteiger partial charge in [-0.2, -0.15) is 0 Å². The van der Waals surface area contributed by atoms with Crippen LogP contribution in [0.4, 0.5) is 0 Å². The molecule has 2 aliphatic rings. The predicted molar refractivity (Wildman–Crippen MR) is 70.5 cm³/mol. The van der Waals surface area contributed by atoms with Crippen molar-refractivity contribution >= 4 is 5.91 Å². The Labute approximate surface area is 109 Å². The molecule has 0 spiro atoms. The van der Waals surface area contributed by atoms with E-state index in [1.54, 1.807) is 0 Å². The molecule has 5 heteroatoms. The Bertz CT molecular complexity index is 283. The molecule has 1 amide bonds. The van der Waals surface area contributed by atoms with Crippen LogP contribution in [0.1, 0.15) is 19.8 Å². The second kappa shape index (κ2) is 6.50. The van der Waals surface area contributed by atoms with Gasteiger partial charge >= 0.3 is 0 Å². The van der Waals surface area contributed by atoms with Crippen LogP contribution in [0.15, 0.2) is 0 Å². The zero-order valence-electron chi connectivity index (χ0n) is 11.5. The molecule has 2 saturated heterocycles. The number of rotatable bonds is 4. The largest absolute Gasteiger partial charge is 0.374 e. The molecule has 0 saturated carbocycles. The molecule has 0 radical (unpaired) electrons. The van der Waals surface area contributed by atoms with E-state index in [1.807, 2.05) is 11.8 Å². The highest BCUT2D eigenvalue weighted by Crippen LogP contribution is 2.14. The van der Waals surface area contributed by atoms with E-state index in [4.69, 9.17) is 4.74 Å². The van der Waals surface area contributed by atoms with Crippen LogP contribution in [0, 0.1) is 0 Å². The second-order valence-corrected chi connectivity index (χ2v) is 5.29. The van der Waals surface area contributed by atoms with Crippen LogP contribution in [-0.4, -0.2) is 74.2 Å². The van der Waals surface area contributed by atoms with Crippen molar-refractivity contribution in [2.75, 3.05) is 46.4 Å². The lowest BCUT2D eigenvalue weighted by atomic mass is 10.0. The van der Waals surface area contributed by atoms with E-state index >= 15 is 0 Å². The third-order valence-corrected chi connectivity index (χ3v) is 3.75. The van der Waals surface area contributed by atoms with Gasteiger partial charge in [0.25, 0.3) is 0 Å². The fourth-order valence-corrected chi connectivity index (χ4v) is 2.78. The lowest BCUT2D eigenvalue weighted by Crippen LogP contribution is -2.54. The van der Waals surface area contributed by atoms with Crippen molar-refractivity contribution in [1.29, 1.82) is 0 Å². The summed E-state index contributed by atoms with van der Waals surface area (Å²) in [6, 6.07) is 0.0186. The van der Waals surface area contributed by atoms with Gasteiger partial charge in [-0.25, -0.2) is 0 Å². The number of hydrogen-bond acceptors (Lipinski definition) is 4. The van der Waals surface area contributed by atoms with E-state index in [2.05, 4.69) is 17.3 Å². The molecule has 2 rings (SSSR count). The van der Waals surface area contributed by atoms with Crippen molar-refractivity contribution in [2.45, 2.75) is 31.9 Å². The van der Waals surface area contributed by atoms with E-state index in [9.17, 15) is 4.79 Å². The Morgan fingerprint density at radius 2 is 2.28 bits per heavy atom. The lowest BCUT2D eigenvalue weighted by molar-refractivity contribution is -0.139. The molecule has 0 aromatic rings. The number of likely N-dealkylation sites (N-methyl/N-ethyl adjacent to an activating group) is 2. The summed E-state index contributed by atoms with van der Waals surface area (Å²) in [6.45, 7) is 7.22. The summed E-state index contributed by atoms with van der Waals surface area (Å²) in [7, 11) is 2.11. The van der Waals surface area contributed by atoms with E-state index in [0.717, 1.165) is 52.2 Å². The van der Waals surface area contributed by atoms with Crippen molar-refractivity contribution in [3.63, 3.8) is 0 Å². The van der Waals surface area contributed by atoms with Crippen LogP contribution in [-0.2, 0) is 9.53 Å². The van der Waals surface area contributed by atoms with Crippen molar-refractivity contribution in [1.82, 2.24) is 15.1 Å². The van der Waals surface area contributed by atoms with Crippen LogP contribution in [0.5, 0.6) is 0 Å². The van der Waals surface area contributed by atoms with Crippen LogP contribution in [0.2, 0.25) is 0 Å². The zero-order chi connectivity index (χ0) is 13.0. The highest BCUT2D eigenvalue weighted by atomic mass is 16.5. The quantitative estimate of drug-likeness (QED) is 0.763. The minimum absolute atomic E-state index is 0.0186. The van der Waals surface area contributed by atoms with E-state index in [1.165, 1.54) is 0 Å². The number of ether oxygens (including phenoxy) is 1. The maximum absolute atomic E-state index is 12.3. The Kier molecular flexibility index (Phi) is 4.97. The molecule has 2 heterocycles. The number of carbonyl (C=O) groups is 1. The number of nitrogens with zero attached hydrogens (tertiary/aromatic N) is 2. The van der Waals surface area contributed by atoms with Crippen molar-refractivity contribution < 1.29 is 9.53 Å². The standard InChI is InChI=1S/C13H25N3O2/c1-3-14-12-5-4-6-16(13(12)17)10-11-9-15(2)7-8-18-11/h11-12,14H,3-10H2,1-2H3. The summed E-state index contributed by atoms with van der Waals surface area (Å²) in [6.07, 6.45) is 2.23. The first-order valence-electron chi connectivity index (χ1n) is 7.03. The maximum atomic E-state index is 12.3. The average molecular weight is 255 g/mol. The summed E-state index contributed by atoms with van der Waals surface area (Å²) >= 11 is 0. The number of piperidine rings is 1. The van der Waals surface area contributed by atoms with Gasteiger partial charge in [-0.05, 0) is 26.4 Å². The zero-order valence-corrected chi connectivity index (χ0v) is 11.5. The molecule has 0 bridgehead atoms. The molecular weight excluding hydrogens is 230 g/mol. The number of amides is 1. The second-order valence-electron chi connectivity index (χ2n) is 5.29. The molecule has 2 aliphatic heterocycles. The highest BCUT2D eigenvalue weighted by molar-refractivity contribution is 5.82. The summed E-state index contributed by atoms with van der Waals surface area (Å²) in [5.41, 5.74) is 0. The van der Waals surface area contributed by atoms with Crippen LogP contribution < -0.4 is 5.32 Å². The van der Waals surface area contributed by atoms with Gasteiger partial charge in [0.05, 0.1) is 18.8 Å². The van der Waals surface area contributed by atoms with Crippen molar-refractivity contribution in [3.05, 3.63) is 0 Å². The van der Waals surface area contributed by atoms with Gasteiger partial charge in [0.15, 0.2) is 0 Å². The van der Waals surface area contributed by atoms with Gasteiger partial charge in [-0.15, -0.1) is 0 Å². The Hall–Kier alpha value is -0.650. The molecule has 0 aromatic carbocycles. The van der Waals surface area contributed by atoms with E-state index in [-0.39, 0.29) is 18.1 Å². The summed E-state index contributed by atoms with van der Waals surface area (Å²) in [4.78, 5) is 16.5. The molecular formula is C13H25N3O2. The fraction of sp³-hybridized carbons (Fsp3) is 0.923. The SMILES string of the molecule is CCNC1CCCN(CC2CN(C)CCO2)C1=O. The Balaban J connectivity index is 1.85. The van der Waals surface area contributed by atoms with Crippen molar-refractivity contribution in [3.8, 4) is 0 Å².